The third-order valence-corrected chi connectivity index (χ3v) is 6.78. The molecule has 1 aromatic heterocycles. The quantitative estimate of drug-likeness (QED) is 0.328. The molecule has 0 aliphatic heterocycles. The van der Waals surface area contributed by atoms with E-state index in [1.54, 1.807) is 29.8 Å². The Kier molecular flexibility index (Phi) is 9.87. The number of aromatic nitrogens is 2. The molecule has 188 valence electrons. The molecule has 1 amide bonds. The smallest absolute Gasteiger partial charge is 0.261 e. The number of fused-ring (bicyclic) bond motifs is 1. The first-order valence-corrected chi connectivity index (χ1v) is 13.0. The molecule has 1 heterocycles. The Bertz CT molecular complexity index is 1190. The number of hydrogen-bond donors (Lipinski definition) is 1. The van der Waals surface area contributed by atoms with E-state index in [1.807, 2.05) is 36.1 Å². The van der Waals surface area contributed by atoms with E-state index in [9.17, 15) is 9.59 Å². The van der Waals surface area contributed by atoms with Crippen molar-refractivity contribution < 1.29 is 4.79 Å². The van der Waals surface area contributed by atoms with Crippen LogP contribution in [0.2, 0.25) is 5.02 Å². The third-order valence-electron chi connectivity index (χ3n) is 6.55. The molecule has 0 aliphatic rings. The second kappa shape index (κ2) is 12.8. The summed E-state index contributed by atoms with van der Waals surface area (Å²) >= 11 is 6.17. The largest absolute Gasteiger partial charge is 0.330 e. The molecule has 0 aliphatic carbocycles. The second-order valence-corrected chi connectivity index (χ2v) is 9.61. The van der Waals surface area contributed by atoms with E-state index in [1.165, 1.54) is 5.56 Å². The van der Waals surface area contributed by atoms with Crippen molar-refractivity contribution in [2.24, 2.45) is 12.8 Å². The van der Waals surface area contributed by atoms with Gasteiger partial charge in [-0.15, -0.1) is 0 Å². The molecule has 0 spiro atoms. The van der Waals surface area contributed by atoms with Gasteiger partial charge in [-0.25, -0.2) is 4.98 Å². The minimum Gasteiger partial charge on any atom is -0.330 e. The van der Waals surface area contributed by atoms with Crippen LogP contribution in [0.1, 0.15) is 80.2 Å². The first-order chi connectivity index (χ1) is 16.9. The Labute approximate surface area is 213 Å². The number of unbranched alkanes of at least 4 members (excludes halogenated alkanes) is 4. The number of hydrogen-bond acceptors (Lipinski definition) is 4. The van der Waals surface area contributed by atoms with E-state index in [4.69, 9.17) is 22.3 Å². The lowest BCUT2D eigenvalue weighted by molar-refractivity contribution is 0.0676. The monoisotopic (exact) mass is 496 g/mol. The van der Waals surface area contributed by atoms with E-state index in [2.05, 4.69) is 6.92 Å². The fourth-order valence-corrected chi connectivity index (χ4v) is 4.55. The number of amides is 1. The van der Waals surface area contributed by atoms with Crippen molar-refractivity contribution in [1.29, 1.82) is 0 Å². The standard InChI is InChI=1S/C28H37ClN4O2/c1-4-5-10-21-11-13-22(14-12-21)27(34)33(18-9-7-6-8-17-30)20(2)26-31-25-19-23(29)15-16-24(25)28(35)32(26)3/h11-16,19-20H,4-10,17-18,30H2,1-3H3. The van der Waals surface area contributed by atoms with Crippen LogP contribution in [-0.2, 0) is 13.5 Å². The molecule has 35 heavy (non-hydrogen) atoms. The summed E-state index contributed by atoms with van der Waals surface area (Å²) in [6, 6.07) is 12.6. The molecule has 1 unspecified atom stereocenters. The highest BCUT2D eigenvalue weighted by Gasteiger charge is 2.26. The summed E-state index contributed by atoms with van der Waals surface area (Å²) in [5, 5.41) is 1.03. The first-order valence-electron chi connectivity index (χ1n) is 12.6. The Balaban J connectivity index is 1.93. The van der Waals surface area contributed by atoms with E-state index in [-0.39, 0.29) is 11.5 Å². The van der Waals surface area contributed by atoms with Crippen molar-refractivity contribution >= 4 is 28.4 Å². The van der Waals surface area contributed by atoms with Crippen LogP contribution >= 0.6 is 11.6 Å². The lowest BCUT2D eigenvalue weighted by Crippen LogP contribution is -2.38. The van der Waals surface area contributed by atoms with Crippen molar-refractivity contribution in [3.05, 3.63) is 74.8 Å². The maximum Gasteiger partial charge on any atom is 0.261 e. The molecule has 6 nitrogen and oxygen atoms in total. The molecule has 3 aromatic rings. The summed E-state index contributed by atoms with van der Waals surface area (Å²) in [5.74, 6) is 0.485. The van der Waals surface area contributed by atoms with E-state index < -0.39 is 6.04 Å². The van der Waals surface area contributed by atoms with E-state index in [0.717, 1.165) is 44.9 Å². The van der Waals surface area contributed by atoms with Gasteiger partial charge in [0, 0.05) is 24.2 Å². The van der Waals surface area contributed by atoms with Crippen LogP contribution in [-0.4, -0.2) is 33.4 Å². The Morgan fingerprint density at radius 3 is 2.49 bits per heavy atom. The van der Waals surface area contributed by atoms with Gasteiger partial charge < -0.3 is 10.6 Å². The maximum atomic E-state index is 13.7. The lowest BCUT2D eigenvalue weighted by atomic mass is 10.0. The van der Waals surface area contributed by atoms with Crippen LogP contribution in [0.4, 0.5) is 0 Å². The van der Waals surface area contributed by atoms with Crippen LogP contribution in [0.25, 0.3) is 10.9 Å². The highest BCUT2D eigenvalue weighted by Crippen LogP contribution is 2.24. The third kappa shape index (κ3) is 6.71. The molecule has 0 fully saturated rings. The predicted octanol–water partition coefficient (Wildman–Crippen LogP) is 5.65. The SMILES string of the molecule is CCCCc1ccc(C(=O)N(CCCCCCN)C(C)c2nc3cc(Cl)ccc3c(=O)n2C)cc1. The van der Waals surface area contributed by atoms with Gasteiger partial charge in [0.15, 0.2) is 0 Å². The summed E-state index contributed by atoms with van der Waals surface area (Å²) < 4.78 is 1.55. The van der Waals surface area contributed by atoms with Gasteiger partial charge in [-0.2, -0.15) is 0 Å². The Hall–Kier alpha value is -2.70. The number of benzene rings is 2. The average Bonchev–Trinajstić information content (AvgIpc) is 2.86. The minimum atomic E-state index is -0.391. The van der Waals surface area contributed by atoms with Gasteiger partial charge in [0.25, 0.3) is 11.5 Å². The Morgan fingerprint density at radius 1 is 1.09 bits per heavy atom. The fourth-order valence-electron chi connectivity index (χ4n) is 4.39. The van der Waals surface area contributed by atoms with E-state index >= 15 is 0 Å². The number of rotatable bonds is 12. The highest BCUT2D eigenvalue weighted by molar-refractivity contribution is 6.31. The predicted molar refractivity (Wildman–Crippen MR) is 144 cm³/mol. The summed E-state index contributed by atoms with van der Waals surface area (Å²) in [4.78, 5) is 33.3. The van der Waals surface area contributed by atoms with Gasteiger partial charge >= 0.3 is 0 Å². The number of nitrogens with two attached hydrogens (primary N) is 1. The number of carbonyl (C=O) groups excluding carboxylic acids is 1. The number of nitrogens with zero attached hydrogens (tertiary/aromatic N) is 3. The molecule has 2 N–H and O–H groups in total. The fraction of sp³-hybridized carbons (Fsp3) is 0.464. The Morgan fingerprint density at radius 2 is 1.80 bits per heavy atom. The average molecular weight is 497 g/mol. The summed E-state index contributed by atoms with van der Waals surface area (Å²) in [5.41, 5.74) is 7.91. The molecular weight excluding hydrogens is 460 g/mol. The highest BCUT2D eigenvalue weighted by atomic mass is 35.5. The van der Waals surface area contributed by atoms with Crippen LogP contribution < -0.4 is 11.3 Å². The molecular formula is C28H37ClN4O2. The lowest BCUT2D eigenvalue weighted by Gasteiger charge is -2.30. The molecule has 0 radical (unpaired) electrons. The molecule has 7 heteroatoms. The number of carbonyl (C=O) groups is 1. The molecule has 3 rings (SSSR count). The maximum absolute atomic E-state index is 13.7. The van der Waals surface area contributed by atoms with Crippen LogP contribution in [0, 0.1) is 0 Å². The topological polar surface area (TPSA) is 81.2 Å². The zero-order chi connectivity index (χ0) is 25.4. The van der Waals surface area contributed by atoms with Gasteiger partial charge in [0.1, 0.15) is 5.82 Å². The molecule has 2 aromatic carbocycles. The summed E-state index contributed by atoms with van der Waals surface area (Å²) in [7, 11) is 1.71. The number of halogens is 1. The van der Waals surface area contributed by atoms with Gasteiger partial charge in [-0.3, -0.25) is 14.2 Å². The normalized spacial score (nSPS) is 12.1. The van der Waals surface area contributed by atoms with Crippen molar-refractivity contribution in [3.8, 4) is 0 Å². The minimum absolute atomic E-state index is 0.0567. The van der Waals surface area contributed by atoms with Crippen LogP contribution in [0.5, 0.6) is 0 Å². The van der Waals surface area contributed by atoms with E-state index in [0.29, 0.717) is 40.4 Å². The van der Waals surface area contributed by atoms with Gasteiger partial charge in [0.05, 0.1) is 16.9 Å². The van der Waals surface area contributed by atoms with Crippen molar-refractivity contribution in [3.63, 3.8) is 0 Å². The van der Waals surface area contributed by atoms with Gasteiger partial charge in [-0.05, 0) is 75.0 Å². The number of aryl methyl sites for hydroxylation is 1. The second-order valence-electron chi connectivity index (χ2n) is 9.17. The van der Waals surface area contributed by atoms with Gasteiger partial charge in [-0.1, -0.05) is 49.9 Å². The van der Waals surface area contributed by atoms with Crippen molar-refractivity contribution in [1.82, 2.24) is 14.5 Å². The zero-order valence-corrected chi connectivity index (χ0v) is 21.9. The molecule has 0 saturated carbocycles. The molecule has 0 saturated heterocycles. The zero-order valence-electron chi connectivity index (χ0n) is 21.1. The summed E-state index contributed by atoms with van der Waals surface area (Å²) in [6.45, 7) is 5.36. The molecule has 0 bridgehead atoms. The van der Waals surface area contributed by atoms with Crippen molar-refractivity contribution in [2.45, 2.75) is 64.8 Å². The first kappa shape index (κ1) is 26.9. The summed E-state index contributed by atoms with van der Waals surface area (Å²) in [6.07, 6.45) is 7.14. The van der Waals surface area contributed by atoms with Crippen molar-refractivity contribution in [2.75, 3.05) is 13.1 Å². The van der Waals surface area contributed by atoms with Crippen LogP contribution in [0.3, 0.4) is 0 Å². The molecule has 1 atom stereocenters. The van der Waals surface area contributed by atoms with Crippen LogP contribution in [0.15, 0.2) is 47.3 Å². The van der Waals surface area contributed by atoms with Gasteiger partial charge in [0.2, 0.25) is 0 Å².